The van der Waals surface area contributed by atoms with E-state index in [0.29, 0.717) is 59.5 Å². The van der Waals surface area contributed by atoms with E-state index in [1.807, 2.05) is 0 Å². The zero-order valence-electron chi connectivity index (χ0n) is 16.5. The van der Waals surface area contributed by atoms with Crippen molar-refractivity contribution in [3.8, 4) is 0 Å². The van der Waals surface area contributed by atoms with Crippen molar-refractivity contribution in [3.63, 3.8) is 0 Å². The first-order valence-electron chi connectivity index (χ1n) is 9.11. The van der Waals surface area contributed by atoms with Crippen LogP contribution in [0, 0.1) is 0 Å². The molecule has 0 saturated carbocycles. The van der Waals surface area contributed by atoms with E-state index in [9.17, 15) is 0 Å². The van der Waals surface area contributed by atoms with E-state index in [1.165, 1.54) is 5.82 Å². The number of imidazole rings is 1. The minimum atomic E-state index is 0.609. The van der Waals surface area contributed by atoms with E-state index in [2.05, 4.69) is 21.5 Å². The van der Waals surface area contributed by atoms with Crippen LogP contribution in [0.15, 0.2) is 12.4 Å². The molecule has 8 nitrogen and oxygen atoms in total. The van der Waals surface area contributed by atoms with Gasteiger partial charge in [0, 0.05) is 21.3 Å². The topological polar surface area (TPSA) is 64.2 Å². The van der Waals surface area contributed by atoms with Crippen LogP contribution in [-0.4, -0.2) is 85.4 Å². The Morgan fingerprint density at radius 1 is 0.731 bits per heavy atom. The zero-order chi connectivity index (χ0) is 18.9. The summed E-state index contributed by atoms with van der Waals surface area (Å²) in [5, 5.41) is 0. The van der Waals surface area contributed by atoms with Crippen LogP contribution in [0.5, 0.6) is 0 Å². The minimum Gasteiger partial charge on any atom is -0.382 e. The summed E-state index contributed by atoms with van der Waals surface area (Å²) in [6.07, 6.45) is 4.99. The molecule has 1 rings (SSSR count). The van der Waals surface area contributed by atoms with Gasteiger partial charge in [-0.2, -0.15) is 0 Å². The molecule has 152 valence electrons. The van der Waals surface area contributed by atoms with Crippen molar-refractivity contribution in [3.05, 3.63) is 18.2 Å². The van der Waals surface area contributed by atoms with Gasteiger partial charge in [0.25, 0.3) is 5.82 Å². The van der Waals surface area contributed by atoms with Crippen LogP contribution in [0.4, 0.5) is 0 Å². The second kappa shape index (κ2) is 16.2. The Kier molecular flexibility index (Phi) is 14.3. The van der Waals surface area contributed by atoms with Gasteiger partial charge in [0.1, 0.15) is 25.5 Å². The lowest BCUT2D eigenvalue weighted by molar-refractivity contribution is -0.705. The third kappa shape index (κ3) is 10.2. The maximum Gasteiger partial charge on any atom is 0.258 e. The van der Waals surface area contributed by atoms with Gasteiger partial charge < -0.3 is 28.4 Å². The number of methoxy groups -OCH3 is 3. The van der Waals surface area contributed by atoms with Crippen LogP contribution in [0.25, 0.3) is 0 Å². The van der Waals surface area contributed by atoms with Crippen LogP contribution in [0.1, 0.15) is 5.82 Å². The summed E-state index contributed by atoms with van der Waals surface area (Å²) < 4.78 is 36.2. The van der Waals surface area contributed by atoms with Crippen molar-refractivity contribution in [2.75, 3.05) is 80.8 Å². The highest BCUT2D eigenvalue weighted by Crippen LogP contribution is 1.99. The first-order valence-corrected chi connectivity index (χ1v) is 9.11. The van der Waals surface area contributed by atoms with Gasteiger partial charge in [-0.1, -0.05) is 0 Å². The Hall–Kier alpha value is -1.03. The quantitative estimate of drug-likeness (QED) is 0.272. The average Bonchev–Trinajstić information content (AvgIpc) is 3.03. The fourth-order valence-electron chi connectivity index (χ4n) is 2.41. The summed E-state index contributed by atoms with van der Waals surface area (Å²) in [5.41, 5.74) is 0. The number of ether oxygens (including phenoxy) is 6. The molecule has 0 unspecified atom stereocenters. The van der Waals surface area contributed by atoms with Gasteiger partial charge in [0.15, 0.2) is 0 Å². The number of nitrogens with zero attached hydrogens (tertiary/aromatic N) is 2. The van der Waals surface area contributed by atoms with E-state index < -0.39 is 0 Å². The predicted octanol–water partition coefficient (Wildman–Crippen LogP) is 0.307. The van der Waals surface area contributed by atoms with Gasteiger partial charge >= 0.3 is 0 Å². The van der Waals surface area contributed by atoms with Crippen LogP contribution in [0.3, 0.4) is 0 Å². The molecule has 1 aromatic heterocycles. The molecule has 0 spiro atoms. The van der Waals surface area contributed by atoms with Gasteiger partial charge in [-0.05, 0) is 0 Å². The predicted molar refractivity (Wildman–Crippen MR) is 96.4 cm³/mol. The second-order valence-corrected chi connectivity index (χ2v) is 5.67. The fourth-order valence-corrected chi connectivity index (χ4v) is 2.41. The van der Waals surface area contributed by atoms with Gasteiger partial charge in [-0.25, -0.2) is 9.13 Å². The monoisotopic (exact) mass is 375 g/mol. The van der Waals surface area contributed by atoms with E-state index >= 15 is 0 Å². The Morgan fingerprint density at radius 3 is 1.92 bits per heavy atom. The number of aromatic nitrogens is 2. The van der Waals surface area contributed by atoms with Gasteiger partial charge in [-0.15, -0.1) is 0 Å². The Bertz CT molecular complexity index is 410. The first-order chi connectivity index (χ1) is 12.8. The fraction of sp³-hybridized carbons (Fsp3) is 0.833. The number of hydrogen-bond donors (Lipinski definition) is 0. The summed E-state index contributed by atoms with van der Waals surface area (Å²) in [4.78, 5) is 0. The van der Waals surface area contributed by atoms with Crippen LogP contribution >= 0.6 is 0 Å². The van der Waals surface area contributed by atoms with Crippen LogP contribution < -0.4 is 4.57 Å². The van der Waals surface area contributed by atoms with Crippen molar-refractivity contribution in [2.24, 2.45) is 0 Å². The third-order valence-corrected chi connectivity index (χ3v) is 3.81. The maximum absolute atomic E-state index is 5.63. The molecule has 0 amide bonds. The molecule has 1 aromatic rings. The standard InChI is InChI=1S/C18H35N2O6/c1-21-12-15-24-9-4-18-19(7-10-25-16-13-22-2)5-6-20(18)8-11-26-17-14-23-3/h5-6H,4,7-17H2,1-3H3/q+1. The molecular weight excluding hydrogens is 340 g/mol. The van der Waals surface area contributed by atoms with Crippen molar-refractivity contribution in [1.29, 1.82) is 0 Å². The molecule has 0 fully saturated rings. The maximum atomic E-state index is 5.63. The lowest BCUT2D eigenvalue weighted by Crippen LogP contribution is -2.40. The highest BCUT2D eigenvalue weighted by Gasteiger charge is 2.17. The van der Waals surface area contributed by atoms with Crippen molar-refractivity contribution >= 4 is 0 Å². The molecule has 0 aliphatic carbocycles. The molecule has 0 N–H and O–H groups in total. The van der Waals surface area contributed by atoms with Crippen LogP contribution in [-0.2, 0) is 47.9 Å². The summed E-state index contributed by atoms with van der Waals surface area (Å²) >= 11 is 0. The molecule has 26 heavy (non-hydrogen) atoms. The zero-order valence-corrected chi connectivity index (χ0v) is 16.5. The van der Waals surface area contributed by atoms with E-state index in [0.717, 1.165) is 19.5 Å². The molecule has 0 atom stereocenters. The summed E-state index contributed by atoms with van der Waals surface area (Å²) in [5.74, 6) is 1.20. The molecular formula is C18H35N2O6+. The minimum absolute atomic E-state index is 0.609. The molecule has 8 heteroatoms. The van der Waals surface area contributed by atoms with Crippen molar-refractivity contribution in [1.82, 2.24) is 4.57 Å². The summed E-state index contributed by atoms with van der Waals surface area (Å²) in [6, 6.07) is 0. The van der Waals surface area contributed by atoms with Crippen molar-refractivity contribution < 1.29 is 33.0 Å². The molecule has 0 saturated heterocycles. The van der Waals surface area contributed by atoms with E-state index in [1.54, 1.807) is 21.3 Å². The number of hydrogen-bond acceptors (Lipinski definition) is 6. The lowest BCUT2D eigenvalue weighted by Gasteiger charge is -2.08. The first kappa shape index (κ1) is 23.0. The van der Waals surface area contributed by atoms with Crippen molar-refractivity contribution in [2.45, 2.75) is 19.5 Å². The largest absolute Gasteiger partial charge is 0.382 e. The van der Waals surface area contributed by atoms with Crippen LogP contribution in [0.2, 0.25) is 0 Å². The molecule has 0 aromatic carbocycles. The average molecular weight is 375 g/mol. The second-order valence-electron chi connectivity index (χ2n) is 5.67. The molecule has 0 radical (unpaired) electrons. The third-order valence-electron chi connectivity index (χ3n) is 3.81. The van der Waals surface area contributed by atoms with E-state index in [4.69, 9.17) is 28.4 Å². The SMILES string of the molecule is COCCOCCc1n(CCOCCOC)cc[n+]1CCOCCOC. The number of rotatable bonds is 18. The lowest BCUT2D eigenvalue weighted by atomic mass is 10.4. The Morgan fingerprint density at radius 2 is 1.31 bits per heavy atom. The molecule has 0 aliphatic heterocycles. The Labute approximate surface area is 156 Å². The highest BCUT2D eigenvalue weighted by atomic mass is 16.5. The molecule has 1 heterocycles. The van der Waals surface area contributed by atoms with Gasteiger partial charge in [-0.3, -0.25) is 0 Å². The normalized spacial score (nSPS) is 11.3. The summed E-state index contributed by atoms with van der Waals surface area (Å²) in [7, 11) is 5.03. The molecule has 0 aliphatic rings. The van der Waals surface area contributed by atoms with E-state index in [-0.39, 0.29) is 0 Å². The van der Waals surface area contributed by atoms with Gasteiger partial charge in [0.05, 0.1) is 65.9 Å². The Balaban J connectivity index is 2.48. The summed E-state index contributed by atoms with van der Waals surface area (Å²) in [6.45, 7) is 7.24. The smallest absolute Gasteiger partial charge is 0.258 e. The highest BCUT2D eigenvalue weighted by molar-refractivity contribution is 4.84. The van der Waals surface area contributed by atoms with Gasteiger partial charge in [0.2, 0.25) is 0 Å². The molecule has 0 bridgehead atoms.